The van der Waals surface area contributed by atoms with E-state index >= 15 is 0 Å². The van der Waals surface area contributed by atoms with Gasteiger partial charge in [-0.3, -0.25) is 4.79 Å². The molecule has 0 aliphatic carbocycles. The Kier molecular flexibility index (Phi) is 5.64. The summed E-state index contributed by atoms with van der Waals surface area (Å²) in [4.78, 5) is 24.4. The van der Waals surface area contributed by atoms with Crippen LogP contribution in [0.4, 0.5) is 0 Å². The molecule has 1 unspecified atom stereocenters. The van der Waals surface area contributed by atoms with Gasteiger partial charge in [-0.2, -0.15) is 5.26 Å². The van der Waals surface area contributed by atoms with Crippen LogP contribution in [0.5, 0.6) is 0 Å². The first kappa shape index (κ1) is 17.3. The van der Waals surface area contributed by atoms with Crippen molar-refractivity contribution in [3.63, 3.8) is 0 Å². The molecule has 5 nitrogen and oxygen atoms in total. The van der Waals surface area contributed by atoms with E-state index in [0.717, 1.165) is 4.88 Å². The van der Waals surface area contributed by atoms with E-state index in [1.807, 2.05) is 17.5 Å². The summed E-state index contributed by atoms with van der Waals surface area (Å²) in [5.74, 6) is -0.638. The van der Waals surface area contributed by atoms with Gasteiger partial charge in [0.05, 0.1) is 41.0 Å². The van der Waals surface area contributed by atoms with Crippen molar-refractivity contribution < 1.29 is 14.3 Å². The van der Waals surface area contributed by atoms with Gasteiger partial charge in [0, 0.05) is 10.6 Å². The Hall–Kier alpha value is -2.04. The van der Waals surface area contributed by atoms with Gasteiger partial charge in [0.25, 0.3) is 0 Å². The second-order valence-electron chi connectivity index (χ2n) is 4.95. The molecule has 1 atom stereocenters. The molecule has 2 rings (SSSR count). The number of ether oxygens (including phenoxy) is 1. The van der Waals surface area contributed by atoms with Crippen molar-refractivity contribution in [3.8, 4) is 6.07 Å². The molecule has 1 aromatic rings. The molecule has 120 valence electrons. The van der Waals surface area contributed by atoms with Crippen molar-refractivity contribution >= 4 is 34.9 Å². The van der Waals surface area contributed by atoms with E-state index in [2.05, 4.69) is 11.4 Å². The lowest BCUT2D eigenvalue weighted by Gasteiger charge is -2.28. The molecular weight excluding hydrogens is 332 g/mol. The molecule has 7 heteroatoms. The van der Waals surface area contributed by atoms with Crippen molar-refractivity contribution in [2.45, 2.75) is 19.8 Å². The topological polar surface area (TPSA) is 79.2 Å². The second-order valence-corrected chi connectivity index (χ2v) is 6.91. The minimum Gasteiger partial charge on any atom is -0.466 e. The number of hydrogen-bond donors (Lipinski definition) is 1. The Morgan fingerprint density at radius 1 is 1.52 bits per heavy atom. The lowest BCUT2D eigenvalue weighted by Crippen LogP contribution is -2.28. The summed E-state index contributed by atoms with van der Waals surface area (Å²) < 4.78 is 4.89. The van der Waals surface area contributed by atoms with Gasteiger partial charge in [-0.15, -0.1) is 11.3 Å². The lowest BCUT2D eigenvalue weighted by atomic mass is 9.87. The Morgan fingerprint density at radius 2 is 2.26 bits per heavy atom. The molecule has 2 heterocycles. The predicted octanol–water partition coefficient (Wildman–Crippen LogP) is 2.94. The van der Waals surface area contributed by atoms with Gasteiger partial charge < -0.3 is 10.1 Å². The summed E-state index contributed by atoms with van der Waals surface area (Å²) in [6.07, 6.45) is 0. The summed E-state index contributed by atoms with van der Waals surface area (Å²) in [5.41, 5.74) is 1.50. The number of nitriles is 1. The number of ketones is 1. The normalized spacial score (nSPS) is 17.6. The number of nitrogens with zero attached hydrogens (tertiary/aromatic N) is 1. The summed E-state index contributed by atoms with van der Waals surface area (Å²) in [7, 11) is 1.32. The standard InChI is InChI=1S/C16H16N2O3S2/c1-9(19)8-23-15-11(7-17)14(12-5-4-6-22-12)13(10(2)18-15)16(20)21-3/h4-6,14,18H,8H2,1-3H3. The summed E-state index contributed by atoms with van der Waals surface area (Å²) >= 11 is 2.76. The van der Waals surface area contributed by atoms with Crippen molar-refractivity contribution in [2.24, 2.45) is 0 Å². The third-order valence-electron chi connectivity index (χ3n) is 3.30. The van der Waals surface area contributed by atoms with Crippen LogP contribution in [-0.4, -0.2) is 24.6 Å². The fourth-order valence-electron chi connectivity index (χ4n) is 2.32. The maximum Gasteiger partial charge on any atom is 0.336 e. The SMILES string of the molecule is COC(=O)C1=C(C)NC(SCC(C)=O)=C(C#N)C1c1cccs1. The number of hydrogen-bond acceptors (Lipinski definition) is 7. The fraction of sp³-hybridized carbons (Fsp3) is 0.312. The van der Waals surface area contributed by atoms with Gasteiger partial charge in [-0.25, -0.2) is 4.79 Å². The average molecular weight is 348 g/mol. The largest absolute Gasteiger partial charge is 0.466 e. The molecule has 1 aliphatic heterocycles. The van der Waals surface area contributed by atoms with Gasteiger partial charge in [-0.05, 0) is 25.3 Å². The zero-order valence-electron chi connectivity index (χ0n) is 13.0. The van der Waals surface area contributed by atoms with E-state index in [1.54, 1.807) is 6.92 Å². The van der Waals surface area contributed by atoms with Crippen LogP contribution in [0.3, 0.4) is 0 Å². The number of carbonyl (C=O) groups excluding carboxylic acids is 2. The highest BCUT2D eigenvalue weighted by Gasteiger charge is 2.35. The number of allylic oxidation sites excluding steroid dienone is 2. The Labute approximate surface area is 143 Å². The molecule has 1 aliphatic rings. The zero-order chi connectivity index (χ0) is 17.0. The highest BCUT2D eigenvalue weighted by atomic mass is 32.2. The summed E-state index contributed by atoms with van der Waals surface area (Å²) in [6.45, 7) is 3.27. The van der Waals surface area contributed by atoms with E-state index in [0.29, 0.717) is 21.9 Å². The third-order valence-corrected chi connectivity index (χ3v) is 5.40. The third kappa shape index (κ3) is 3.66. The molecule has 0 amide bonds. The molecule has 0 radical (unpaired) electrons. The van der Waals surface area contributed by atoms with Gasteiger partial charge in [-0.1, -0.05) is 17.8 Å². The summed E-state index contributed by atoms with van der Waals surface area (Å²) in [5, 5.41) is 15.2. The van der Waals surface area contributed by atoms with Crippen LogP contribution in [0.1, 0.15) is 24.6 Å². The van der Waals surface area contributed by atoms with Crippen molar-refractivity contribution in [3.05, 3.63) is 44.3 Å². The molecule has 0 saturated carbocycles. The zero-order valence-corrected chi connectivity index (χ0v) is 14.6. The molecule has 0 fully saturated rings. The quantitative estimate of drug-likeness (QED) is 0.824. The number of carbonyl (C=O) groups is 2. The van der Waals surface area contributed by atoms with Gasteiger partial charge in [0.1, 0.15) is 5.78 Å². The van der Waals surface area contributed by atoms with E-state index in [4.69, 9.17) is 4.74 Å². The number of methoxy groups -OCH3 is 1. The van der Waals surface area contributed by atoms with Crippen LogP contribution >= 0.6 is 23.1 Å². The maximum absolute atomic E-state index is 12.2. The van der Waals surface area contributed by atoms with E-state index in [-0.39, 0.29) is 11.5 Å². The number of thioether (sulfide) groups is 1. The van der Waals surface area contributed by atoms with E-state index in [9.17, 15) is 14.9 Å². The molecular formula is C16H16N2O3S2. The van der Waals surface area contributed by atoms with Crippen LogP contribution in [0.15, 0.2) is 39.4 Å². The first-order valence-corrected chi connectivity index (χ1v) is 8.72. The van der Waals surface area contributed by atoms with Crippen LogP contribution in [0.2, 0.25) is 0 Å². The molecule has 0 aromatic carbocycles. The molecule has 1 aromatic heterocycles. The molecule has 0 bridgehead atoms. The number of thiophene rings is 1. The smallest absolute Gasteiger partial charge is 0.336 e. The van der Waals surface area contributed by atoms with Gasteiger partial charge >= 0.3 is 5.97 Å². The number of Topliss-reactive ketones (excluding diaryl/α,β-unsaturated/α-hetero) is 1. The Morgan fingerprint density at radius 3 is 2.78 bits per heavy atom. The first-order valence-electron chi connectivity index (χ1n) is 6.85. The maximum atomic E-state index is 12.2. The Balaban J connectivity index is 2.53. The fourth-order valence-corrected chi connectivity index (χ4v) is 4.06. The van der Waals surface area contributed by atoms with Gasteiger partial charge in [0.15, 0.2) is 0 Å². The number of nitrogens with one attached hydrogen (secondary N) is 1. The number of esters is 1. The monoisotopic (exact) mass is 348 g/mol. The molecule has 0 saturated heterocycles. The average Bonchev–Trinajstić information content (AvgIpc) is 3.05. The molecule has 1 N–H and O–H groups in total. The predicted molar refractivity (Wildman–Crippen MR) is 90.7 cm³/mol. The summed E-state index contributed by atoms with van der Waals surface area (Å²) in [6, 6.07) is 5.96. The number of rotatable bonds is 5. The lowest BCUT2D eigenvalue weighted by molar-refractivity contribution is -0.136. The van der Waals surface area contributed by atoms with Crippen molar-refractivity contribution in [2.75, 3.05) is 12.9 Å². The highest BCUT2D eigenvalue weighted by molar-refractivity contribution is 8.03. The van der Waals surface area contributed by atoms with Crippen LogP contribution in [0, 0.1) is 11.3 Å². The van der Waals surface area contributed by atoms with Crippen LogP contribution in [0.25, 0.3) is 0 Å². The van der Waals surface area contributed by atoms with E-state index < -0.39 is 11.9 Å². The van der Waals surface area contributed by atoms with Crippen molar-refractivity contribution in [1.82, 2.24) is 5.32 Å². The van der Waals surface area contributed by atoms with E-state index in [1.165, 1.54) is 37.1 Å². The van der Waals surface area contributed by atoms with Crippen LogP contribution in [-0.2, 0) is 14.3 Å². The van der Waals surface area contributed by atoms with Crippen molar-refractivity contribution in [1.29, 1.82) is 5.26 Å². The number of dihydropyridines is 1. The van der Waals surface area contributed by atoms with Gasteiger partial charge in [0.2, 0.25) is 0 Å². The minimum atomic E-state index is -0.469. The minimum absolute atomic E-state index is 0.0228. The first-order chi connectivity index (χ1) is 11.0. The van der Waals surface area contributed by atoms with Crippen LogP contribution < -0.4 is 5.32 Å². The molecule has 0 spiro atoms. The Bertz CT molecular complexity index is 727. The second kappa shape index (κ2) is 7.49. The molecule has 23 heavy (non-hydrogen) atoms. The highest BCUT2D eigenvalue weighted by Crippen LogP contribution is 2.42.